The van der Waals surface area contributed by atoms with E-state index in [0.29, 0.717) is 55.6 Å². The fraction of sp³-hybridized carbons (Fsp3) is 0.423. The SMILES string of the molecule is O=C1N[C@@]2(CCOc3ccccc32)C(=O)N1CC(=O)N1CCC[C@@H]1c1ccc2c(c1)OCCCO2. The van der Waals surface area contributed by atoms with Gasteiger partial charge < -0.3 is 24.4 Å². The molecule has 0 aliphatic carbocycles. The van der Waals surface area contributed by atoms with Crippen molar-refractivity contribution in [3.8, 4) is 17.2 Å². The molecule has 2 aromatic rings. The lowest BCUT2D eigenvalue weighted by Gasteiger charge is -2.33. The molecule has 2 atom stereocenters. The highest BCUT2D eigenvalue weighted by molar-refractivity contribution is 6.09. The quantitative estimate of drug-likeness (QED) is 0.683. The lowest BCUT2D eigenvalue weighted by Crippen LogP contribution is -2.48. The number of rotatable bonds is 3. The lowest BCUT2D eigenvalue weighted by molar-refractivity contribution is -0.140. The van der Waals surface area contributed by atoms with E-state index in [4.69, 9.17) is 14.2 Å². The van der Waals surface area contributed by atoms with Gasteiger partial charge in [-0.1, -0.05) is 24.3 Å². The Morgan fingerprint density at radius 3 is 2.66 bits per heavy atom. The third kappa shape index (κ3) is 3.57. The van der Waals surface area contributed by atoms with E-state index in [9.17, 15) is 14.4 Å². The standard InChI is InChI=1S/C26H27N3O6/c30-23(28-11-3-6-19(28)17-8-9-21-22(15-17)34-13-4-12-33-21)16-29-24(31)26(27-25(29)32)10-14-35-20-7-2-1-5-18(20)26/h1-2,5,7-9,15,19H,3-4,6,10-14,16H2,(H,27,32)/t19-,26-/m1/s1. The van der Waals surface area contributed by atoms with Crippen molar-refractivity contribution in [2.24, 2.45) is 0 Å². The Morgan fingerprint density at radius 1 is 0.971 bits per heavy atom. The number of urea groups is 1. The van der Waals surface area contributed by atoms with Gasteiger partial charge in [0.1, 0.15) is 12.3 Å². The van der Waals surface area contributed by atoms with Gasteiger partial charge in [-0.05, 0) is 36.6 Å². The molecule has 1 spiro atoms. The molecule has 0 aromatic heterocycles. The Balaban J connectivity index is 1.22. The van der Waals surface area contributed by atoms with Gasteiger partial charge in [-0.15, -0.1) is 0 Å². The van der Waals surface area contributed by atoms with E-state index in [1.807, 2.05) is 30.3 Å². The van der Waals surface area contributed by atoms with Crippen molar-refractivity contribution in [1.82, 2.24) is 15.1 Å². The molecule has 9 nitrogen and oxygen atoms in total. The number of carbonyl (C=O) groups excluding carboxylic acids is 3. The third-order valence-corrected chi connectivity index (χ3v) is 7.28. The van der Waals surface area contributed by atoms with Gasteiger partial charge in [0, 0.05) is 24.9 Å². The Kier molecular flexibility index (Phi) is 5.27. The van der Waals surface area contributed by atoms with Crippen molar-refractivity contribution in [2.75, 3.05) is 32.9 Å². The van der Waals surface area contributed by atoms with Crippen LogP contribution in [-0.2, 0) is 15.1 Å². The van der Waals surface area contributed by atoms with Crippen molar-refractivity contribution in [3.63, 3.8) is 0 Å². The number of para-hydroxylation sites is 1. The summed E-state index contributed by atoms with van der Waals surface area (Å²) in [5.41, 5.74) is 0.406. The molecular formula is C26H27N3O6. The van der Waals surface area contributed by atoms with Gasteiger partial charge in [0.2, 0.25) is 5.91 Å². The molecule has 6 rings (SSSR count). The van der Waals surface area contributed by atoms with Crippen LogP contribution in [-0.4, -0.2) is 60.6 Å². The maximum Gasteiger partial charge on any atom is 0.325 e. The molecule has 4 aliphatic heterocycles. The first-order valence-corrected chi connectivity index (χ1v) is 12.1. The van der Waals surface area contributed by atoms with Crippen LogP contribution in [0.25, 0.3) is 0 Å². The molecule has 0 saturated carbocycles. The molecule has 9 heteroatoms. The number of imide groups is 1. The highest BCUT2D eigenvalue weighted by Crippen LogP contribution is 2.42. The molecule has 2 aromatic carbocycles. The van der Waals surface area contributed by atoms with Gasteiger partial charge in [-0.3, -0.25) is 14.5 Å². The van der Waals surface area contributed by atoms with Crippen LogP contribution in [0.5, 0.6) is 17.2 Å². The van der Waals surface area contributed by atoms with Crippen molar-refractivity contribution >= 4 is 17.8 Å². The monoisotopic (exact) mass is 477 g/mol. The first-order valence-electron chi connectivity index (χ1n) is 12.1. The summed E-state index contributed by atoms with van der Waals surface area (Å²) in [7, 11) is 0. The van der Waals surface area contributed by atoms with Crippen LogP contribution in [0.1, 0.15) is 42.9 Å². The van der Waals surface area contributed by atoms with Gasteiger partial charge in [-0.2, -0.15) is 0 Å². The molecule has 4 aliphatic rings. The van der Waals surface area contributed by atoms with E-state index in [2.05, 4.69) is 5.32 Å². The summed E-state index contributed by atoms with van der Waals surface area (Å²) in [4.78, 5) is 42.7. The smallest absolute Gasteiger partial charge is 0.325 e. The van der Waals surface area contributed by atoms with Gasteiger partial charge in [-0.25, -0.2) is 4.79 Å². The fourth-order valence-corrected chi connectivity index (χ4v) is 5.54. The molecular weight excluding hydrogens is 450 g/mol. The molecule has 0 unspecified atom stereocenters. The van der Waals surface area contributed by atoms with Gasteiger partial charge in [0.05, 0.1) is 25.9 Å². The number of carbonyl (C=O) groups is 3. The fourth-order valence-electron chi connectivity index (χ4n) is 5.54. The second kappa shape index (κ2) is 8.48. The lowest BCUT2D eigenvalue weighted by atomic mass is 9.84. The van der Waals surface area contributed by atoms with Gasteiger partial charge in [0.25, 0.3) is 5.91 Å². The van der Waals surface area contributed by atoms with Crippen molar-refractivity contribution in [2.45, 2.75) is 37.3 Å². The third-order valence-electron chi connectivity index (χ3n) is 7.28. The van der Waals surface area contributed by atoms with E-state index in [1.54, 1.807) is 17.0 Å². The first kappa shape index (κ1) is 21.8. The van der Waals surface area contributed by atoms with E-state index >= 15 is 0 Å². The average Bonchev–Trinajstić information content (AvgIpc) is 3.35. The van der Waals surface area contributed by atoms with Gasteiger partial charge in [0.15, 0.2) is 17.0 Å². The Labute approximate surface area is 202 Å². The van der Waals surface area contributed by atoms with E-state index in [-0.39, 0.29) is 18.5 Å². The van der Waals surface area contributed by atoms with Crippen molar-refractivity contribution in [1.29, 1.82) is 0 Å². The van der Waals surface area contributed by atoms with Crippen LogP contribution in [0, 0.1) is 0 Å². The number of hydrogen-bond donors (Lipinski definition) is 1. The zero-order chi connectivity index (χ0) is 24.0. The summed E-state index contributed by atoms with van der Waals surface area (Å²) in [5.74, 6) is 1.32. The molecule has 1 N–H and O–H groups in total. The number of nitrogens with zero attached hydrogens (tertiary/aromatic N) is 2. The normalized spacial score (nSPS) is 25.2. The maximum atomic E-state index is 13.5. The number of benzene rings is 2. The van der Waals surface area contributed by atoms with Crippen molar-refractivity contribution in [3.05, 3.63) is 53.6 Å². The molecule has 4 amide bonds. The summed E-state index contributed by atoms with van der Waals surface area (Å²) >= 11 is 0. The zero-order valence-corrected chi connectivity index (χ0v) is 19.3. The first-order chi connectivity index (χ1) is 17.1. The van der Waals surface area contributed by atoms with Crippen LogP contribution in [0.15, 0.2) is 42.5 Å². The molecule has 0 radical (unpaired) electrons. The average molecular weight is 478 g/mol. The molecule has 182 valence electrons. The largest absolute Gasteiger partial charge is 0.493 e. The molecule has 35 heavy (non-hydrogen) atoms. The van der Waals surface area contributed by atoms with Crippen LogP contribution in [0.2, 0.25) is 0 Å². The van der Waals surface area contributed by atoms with Crippen LogP contribution in [0.3, 0.4) is 0 Å². The number of nitrogens with one attached hydrogen (secondary N) is 1. The van der Waals surface area contributed by atoms with E-state index in [0.717, 1.165) is 29.7 Å². The van der Waals surface area contributed by atoms with E-state index < -0.39 is 17.5 Å². The maximum absolute atomic E-state index is 13.5. The van der Waals surface area contributed by atoms with Crippen LogP contribution >= 0.6 is 0 Å². The van der Waals surface area contributed by atoms with Crippen LogP contribution < -0.4 is 19.5 Å². The minimum Gasteiger partial charge on any atom is -0.493 e. The zero-order valence-electron chi connectivity index (χ0n) is 19.3. The Hall–Kier alpha value is -3.75. The minimum atomic E-state index is -1.19. The summed E-state index contributed by atoms with van der Waals surface area (Å²) in [6.07, 6.45) is 2.80. The number of fused-ring (bicyclic) bond motifs is 3. The Morgan fingerprint density at radius 2 is 1.77 bits per heavy atom. The summed E-state index contributed by atoms with van der Waals surface area (Å²) in [6, 6.07) is 12.3. The molecule has 2 saturated heterocycles. The second-order valence-electron chi connectivity index (χ2n) is 9.32. The van der Waals surface area contributed by atoms with Crippen LogP contribution in [0.4, 0.5) is 4.79 Å². The van der Waals surface area contributed by atoms with Crippen molar-refractivity contribution < 1.29 is 28.6 Å². The van der Waals surface area contributed by atoms with Gasteiger partial charge >= 0.3 is 6.03 Å². The van der Waals surface area contributed by atoms with E-state index in [1.165, 1.54) is 0 Å². The second-order valence-corrected chi connectivity index (χ2v) is 9.32. The summed E-state index contributed by atoms with van der Waals surface area (Å²) < 4.78 is 17.2. The molecule has 0 bridgehead atoms. The minimum absolute atomic E-state index is 0.141. The number of likely N-dealkylation sites (tertiary alicyclic amines) is 1. The number of amides is 4. The number of hydrogen-bond acceptors (Lipinski definition) is 6. The number of ether oxygens (including phenoxy) is 3. The summed E-state index contributed by atoms with van der Waals surface area (Å²) in [6.45, 7) is 1.79. The molecule has 2 fully saturated rings. The predicted molar refractivity (Wildman–Crippen MR) is 124 cm³/mol. The predicted octanol–water partition coefficient (Wildman–Crippen LogP) is 2.74. The Bertz CT molecular complexity index is 1200. The highest BCUT2D eigenvalue weighted by Gasteiger charge is 2.55. The molecule has 4 heterocycles. The topological polar surface area (TPSA) is 97.4 Å². The highest BCUT2D eigenvalue weighted by atomic mass is 16.5. The summed E-state index contributed by atoms with van der Waals surface area (Å²) in [5, 5.41) is 2.86.